The number of rotatable bonds is 5. The number of benzene rings is 1. The van der Waals surface area contributed by atoms with Gasteiger partial charge in [-0.15, -0.1) is 10.2 Å². The van der Waals surface area contributed by atoms with E-state index in [9.17, 15) is 4.39 Å². The predicted molar refractivity (Wildman–Crippen MR) is 108 cm³/mol. The summed E-state index contributed by atoms with van der Waals surface area (Å²) in [6.07, 6.45) is 5.18. The minimum atomic E-state index is -0.282. The van der Waals surface area contributed by atoms with Crippen LogP contribution in [0.5, 0.6) is 0 Å². The van der Waals surface area contributed by atoms with E-state index in [0.717, 1.165) is 29.6 Å². The zero-order valence-electron chi connectivity index (χ0n) is 16.1. The zero-order valence-corrected chi connectivity index (χ0v) is 16.9. The van der Waals surface area contributed by atoms with Crippen LogP contribution >= 0.6 is 11.8 Å². The third kappa shape index (κ3) is 4.31. The van der Waals surface area contributed by atoms with Gasteiger partial charge in [0.15, 0.2) is 5.82 Å². The van der Waals surface area contributed by atoms with Crippen LogP contribution < -0.4 is 0 Å². The first-order valence-corrected chi connectivity index (χ1v) is 10.5. The van der Waals surface area contributed by atoms with Crippen molar-refractivity contribution in [3.05, 3.63) is 59.8 Å². The van der Waals surface area contributed by atoms with Gasteiger partial charge >= 0.3 is 0 Å². The zero-order chi connectivity index (χ0) is 20.2. The molecule has 0 bridgehead atoms. The monoisotopic (exact) mass is 408 g/mol. The molecule has 0 spiro atoms. The van der Waals surface area contributed by atoms with Crippen molar-refractivity contribution in [3.63, 3.8) is 0 Å². The van der Waals surface area contributed by atoms with Crippen molar-refractivity contribution >= 4 is 11.8 Å². The van der Waals surface area contributed by atoms with Crippen LogP contribution in [0.25, 0.3) is 5.69 Å². The summed E-state index contributed by atoms with van der Waals surface area (Å²) in [5.41, 5.74) is 1.32. The molecular weight excluding hydrogens is 387 g/mol. The normalized spacial score (nSPS) is 15.8. The number of aromatic nitrogens is 4. The Morgan fingerprint density at radius 1 is 1.07 bits per heavy atom. The topological polar surface area (TPSA) is 70.6 Å². The van der Waals surface area contributed by atoms with Gasteiger partial charge in [0.05, 0.1) is 11.6 Å². The molecule has 3 heterocycles. The Hall–Kier alpha value is -2.76. The average molecular weight is 409 g/mol. The summed E-state index contributed by atoms with van der Waals surface area (Å²) >= 11 is 1.37. The van der Waals surface area contributed by atoms with Gasteiger partial charge in [-0.3, -0.25) is 9.47 Å². The SMILES string of the molecule is CC(c1nnc(Sc2ccc(C#N)cn2)n1-c1ccc(F)cc1)N1CCCCC1. The first-order valence-electron chi connectivity index (χ1n) is 9.65. The second-order valence-electron chi connectivity index (χ2n) is 7.02. The molecule has 1 aliphatic heterocycles. The number of pyridine rings is 1. The number of hydrogen-bond donors (Lipinski definition) is 0. The van der Waals surface area contributed by atoms with Gasteiger partial charge in [-0.25, -0.2) is 9.37 Å². The molecule has 2 aromatic heterocycles. The van der Waals surface area contributed by atoms with E-state index in [2.05, 4.69) is 33.1 Å². The maximum atomic E-state index is 13.5. The highest BCUT2D eigenvalue weighted by atomic mass is 32.2. The summed E-state index contributed by atoms with van der Waals surface area (Å²) in [5, 5.41) is 19.3. The van der Waals surface area contributed by atoms with Crippen molar-refractivity contribution in [3.8, 4) is 11.8 Å². The molecule has 1 fully saturated rings. The van der Waals surface area contributed by atoms with Crippen LogP contribution in [-0.2, 0) is 0 Å². The molecule has 29 heavy (non-hydrogen) atoms. The van der Waals surface area contributed by atoms with Crippen molar-refractivity contribution in [2.24, 2.45) is 0 Å². The lowest BCUT2D eigenvalue weighted by Gasteiger charge is -2.31. The number of nitrogens with zero attached hydrogens (tertiary/aromatic N) is 6. The standard InChI is InChI=1S/C21H21FN6S/c1-15(27-11-3-2-4-12-27)20-25-26-21(28(20)18-8-6-17(22)7-9-18)29-19-10-5-16(13-23)14-24-19/h5-10,14-15H,2-4,11-12H2,1H3. The maximum absolute atomic E-state index is 13.5. The van der Waals surface area contributed by atoms with E-state index < -0.39 is 0 Å². The van der Waals surface area contributed by atoms with Crippen LogP contribution in [-0.4, -0.2) is 37.7 Å². The Labute approximate surface area is 173 Å². The number of halogens is 1. The van der Waals surface area contributed by atoms with E-state index in [1.807, 2.05) is 4.57 Å². The van der Waals surface area contributed by atoms with E-state index in [1.165, 1.54) is 49.4 Å². The minimum absolute atomic E-state index is 0.0936. The van der Waals surface area contributed by atoms with Crippen LogP contribution in [0.3, 0.4) is 0 Å². The second-order valence-corrected chi connectivity index (χ2v) is 8.01. The summed E-state index contributed by atoms with van der Waals surface area (Å²) in [7, 11) is 0. The van der Waals surface area contributed by atoms with Gasteiger partial charge in [-0.05, 0) is 81.0 Å². The Kier molecular flexibility index (Phi) is 5.88. The fraction of sp³-hybridized carbons (Fsp3) is 0.333. The van der Waals surface area contributed by atoms with Gasteiger partial charge in [0.2, 0.25) is 5.16 Å². The molecule has 0 amide bonds. The lowest BCUT2D eigenvalue weighted by Crippen LogP contribution is -2.33. The first kappa shape index (κ1) is 19.6. The fourth-order valence-corrected chi connectivity index (χ4v) is 4.32. The summed E-state index contributed by atoms with van der Waals surface area (Å²) in [6.45, 7) is 4.22. The van der Waals surface area contributed by atoms with Crippen LogP contribution in [0.1, 0.15) is 43.6 Å². The van der Waals surface area contributed by atoms with Gasteiger partial charge in [0.1, 0.15) is 16.9 Å². The molecule has 0 aliphatic carbocycles. The number of hydrogen-bond acceptors (Lipinski definition) is 6. The molecule has 8 heteroatoms. The molecular formula is C21H21FN6S. The molecule has 148 valence electrons. The Morgan fingerprint density at radius 2 is 1.83 bits per heavy atom. The highest BCUT2D eigenvalue weighted by Gasteiger charge is 2.25. The quantitative estimate of drug-likeness (QED) is 0.624. The maximum Gasteiger partial charge on any atom is 0.202 e. The van der Waals surface area contributed by atoms with E-state index in [4.69, 9.17) is 5.26 Å². The molecule has 1 atom stereocenters. The Balaban J connectivity index is 1.71. The van der Waals surface area contributed by atoms with Crippen LogP contribution in [0, 0.1) is 17.1 Å². The molecule has 1 aliphatic rings. The number of nitriles is 1. The Bertz CT molecular complexity index is 1000. The average Bonchev–Trinajstić information content (AvgIpc) is 3.18. The van der Waals surface area contributed by atoms with Crippen molar-refractivity contribution in [1.29, 1.82) is 5.26 Å². The molecule has 0 radical (unpaired) electrons. The highest BCUT2D eigenvalue weighted by molar-refractivity contribution is 7.99. The second kappa shape index (κ2) is 8.72. The third-order valence-electron chi connectivity index (χ3n) is 5.12. The molecule has 4 rings (SSSR count). The lowest BCUT2D eigenvalue weighted by molar-refractivity contribution is 0.167. The van der Waals surface area contributed by atoms with E-state index in [0.29, 0.717) is 10.7 Å². The summed E-state index contributed by atoms with van der Waals surface area (Å²) in [6, 6.07) is 12.0. The van der Waals surface area contributed by atoms with Crippen molar-refractivity contribution < 1.29 is 4.39 Å². The summed E-state index contributed by atoms with van der Waals surface area (Å²) in [5.74, 6) is 0.546. The third-order valence-corrected chi connectivity index (χ3v) is 6.01. The van der Waals surface area contributed by atoms with Crippen molar-refractivity contribution in [2.45, 2.75) is 42.4 Å². The molecule has 1 saturated heterocycles. The van der Waals surface area contributed by atoms with Gasteiger partial charge < -0.3 is 0 Å². The van der Waals surface area contributed by atoms with Gasteiger partial charge in [0.25, 0.3) is 0 Å². The first-order chi connectivity index (χ1) is 14.2. The highest BCUT2D eigenvalue weighted by Crippen LogP contribution is 2.32. The van der Waals surface area contributed by atoms with Gasteiger partial charge in [-0.1, -0.05) is 6.42 Å². The molecule has 0 saturated carbocycles. The predicted octanol–water partition coefficient (Wildman–Crippen LogP) is 4.37. The molecule has 3 aromatic rings. The molecule has 1 aromatic carbocycles. The Morgan fingerprint density at radius 3 is 2.48 bits per heavy atom. The van der Waals surface area contributed by atoms with Crippen molar-refractivity contribution in [2.75, 3.05) is 13.1 Å². The number of piperidine rings is 1. The molecule has 0 N–H and O–H groups in total. The van der Waals surface area contributed by atoms with E-state index in [-0.39, 0.29) is 11.9 Å². The molecule has 1 unspecified atom stereocenters. The van der Waals surface area contributed by atoms with Crippen molar-refractivity contribution in [1.82, 2.24) is 24.6 Å². The van der Waals surface area contributed by atoms with Crippen LogP contribution in [0.4, 0.5) is 4.39 Å². The lowest BCUT2D eigenvalue weighted by atomic mass is 10.1. The fourth-order valence-electron chi connectivity index (χ4n) is 3.52. The minimum Gasteiger partial charge on any atom is -0.294 e. The van der Waals surface area contributed by atoms with Gasteiger partial charge in [-0.2, -0.15) is 5.26 Å². The van der Waals surface area contributed by atoms with E-state index in [1.54, 1.807) is 24.3 Å². The smallest absolute Gasteiger partial charge is 0.202 e. The summed E-state index contributed by atoms with van der Waals surface area (Å²) in [4.78, 5) is 6.75. The molecule has 6 nitrogen and oxygen atoms in total. The van der Waals surface area contributed by atoms with Crippen LogP contribution in [0.2, 0.25) is 0 Å². The van der Waals surface area contributed by atoms with Gasteiger partial charge in [0, 0.05) is 11.9 Å². The van der Waals surface area contributed by atoms with Crippen LogP contribution in [0.15, 0.2) is 52.8 Å². The number of likely N-dealkylation sites (tertiary alicyclic amines) is 1. The summed E-state index contributed by atoms with van der Waals surface area (Å²) < 4.78 is 15.5. The van der Waals surface area contributed by atoms with E-state index >= 15 is 0 Å². The largest absolute Gasteiger partial charge is 0.294 e.